The summed E-state index contributed by atoms with van der Waals surface area (Å²) in [5.74, 6) is -0.629. The van der Waals surface area contributed by atoms with Gasteiger partial charge in [-0.3, -0.25) is 0 Å². The predicted octanol–water partition coefficient (Wildman–Crippen LogP) is 4.92. The van der Waals surface area contributed by atoms with Gasteiger partial charge in [-0.05, 0) is 65.2 Å². The molecule has 4 heteroatoms. The van der Waals surface area contributed by atoms with Gasteiger partial charge in [0.25, 0.3) is 0 Å². The van der Waals surface area contributed by atoms with Crippen LogP contribution in [0.15, 0.2) is 34.8 Å². The maximum absolute atomic E-state index is 13.7. The molecule has 0 saturated carbocycles. The minimum absolute atomic E-state index is 0.0763. The molecule has 2 aromatic rings. The van der Waals surface area contributed by atoms with Crippen LogP contribution in [0, 0.1) is 25.5 Å². The third kappa shape index (κ3) is 3.13. The summed E-state index contributed by atoms with van der Waals surface area (Å²) >= 11 is 3.03. The van der Waals surface area contributed by atoms with Gasteiger partial charge < -0.3 is 4.74 Å². The molecule has 0 radical (unpaired) electrons. The van der Waals surface area contributed by atoms with Crippen molar-refractivity contribution in [2.75, 3.05) is 0 Å². The highest BCUT2D eigenvalue weighted by Gasteiger charge is 2.13. The average Bonchev–Trinajstić information content (AvgIpc) is 2.38. The van der Waals surface area contributed by atoms with Crippen LogP contribution in [0.4, 0.5) is 8.78 Å². The Hall–Kier alpha value is -1.42. The number of aryl methyl sites for hydroxylation is 2. The minimum atomic E-state index is -0.621. The van der Waals surface area contributed by atoms with Crippen molar-refractivity contribution in [3.8, 4) is 5.75 Å². The van der Waals surface area contributed by atoms with Gasteiger partial charge >= 0.3 is 0 Å². The molecule has 0 N–H and O–H groups in total. The van der Waals surface area contributed by atoms with Crippen LogP contribution in [0.5, 0.6) is 5.75 Å². The molecule has 0 atom stereocenters. The third-order valence-electron chi connectivity index (χ3n) is 3.00. The van der Waals surface area contributed by atoms with Crippen molar-refractivity contribution in [2.45, 2.75) is 20.5 Å². The van der Waals surface area contributed by atoms with Crippen molar-refractivity contribution >= 4 is 15.9 Å². The van der Waals surface area contributed by atoms with Gasteiger partial charge in [0, 0.05) is 0 Å². The van der Waals surface area contributed by atoms with E-state index in [1.54, 1.807) is 6.07 Å². The molecule has 0 unspecified atom stereocenters. The molecule has 1 nitrogen and oxygen atoms in total. The molecule has 0 saturated heterocycles. The van der Waals surface area contributed by atoms with E-state index in [1.807, 2.05) is 26.0 Å². The molecule has 0 amide bonds. The lowest BCUT2D eigenvalue weighted by Crippen LogP contribution is -2.03. The van der Waals surface area contributed by atoms with Crippen molar-refractivity contribution in [1.82, 2.24) is 0 Å². The van der Waals surface area contributed by atoms with Gasteiger partial charge in [0.05, 0.1) is 10.0 Å². The van der Waals surface area contributed by atoms with E-state index >= 15 is 0 Å². The van der Waals surface area contributed by atoms with E-state index in [1.165, 1.54) is 12.1 Å². The second-order valence-electron chi connectivity index (χ2n) is 4.36. The Morgan fingerprint density at radius 1 is 1.05 bits per heavy atom. The number of ether oxygens (including phenoxy) is 1. The summed E-state index contributed by atoms with van der Waals surface area (Å²) in [7, 11) is 0. The van der Waals surface area contributed by atoms with Crippen molar-refractivity contribution in [2.24, 2.45) is 0 Å². The molecule has 0 aliphatic heterocycles. The summed E-state index contributed by atoms with van der Waals surface area (Å²) < 4.78 is 33.0. The summed E-state index contributed by atoms with van der Waals surface area (Å²) in [6, 6.07) is 8.11. The normalized spacial score (nSPS) is 10.6. The predicted molar refractivity (Wildman–Crippen MR) is 74.3 cm³/mol. The number of hydrogen-bond acceptors (Lipinski definition) is 1. The first-order valence-corrected chi connectivity index (χ1v) is 6.61. The van der Waals surface area contributed by atoms with Crippen LogP contribution < -0.4 is 4.74 Å². The highest BCUT2D eigenvalue weighted by atomic mass is 79.9. The van der Waals surface area contributed by atoms with E-state index in [-0.39, 0.29) is 16.6 Å². The van der Waals surface area contributed by atoms with Crippen LogP contribution >= 0.6 is 15.9 Å². The fraction of sp³-hybridized carbons (Fsp3) is 0.200. The molecule has 19 heavy (non-hydrogen) atoms. The second-order valence-corrected chi connectivity index (χ2v) is 5.21. The Bertz CT molecular complexity index is 611. The lowest BCUT2D eigenvalue weighted by atomic mass is 10.1. The van der Waals surface area contributed by atoms with Gasteiger partial charge in [-0.2, -0.15) is 0 Å². The van der Waals surface area contributed by atoms with Gasteiger partial charge in [0.1, 0.15) is 24.0 Å². The van der Waals surface area contributed by atoms with Crippen LogP contribution in [0.3, 0.4) is 0 Å². The van der Waals surface area contributed by atoms with Crippen LogP contribution in [0.2, 0.25) is 0 Å². The number of rotatable bonds is 3. The summed E-state index contributed by atoms with van der Waals surface area (Å²) in [5.41, 5.74) is 2.15. The Kier molecular flexibility index (Phi) is 4.20. The summed E-state index contributed by atoms with van der Waals surface area (Å²) in [5, 5.41) is 0. The van der Waals surface area contributed by atoms with E-state index in [9.17, 15) is 8.78 Å². The first-order valence-electron chi connectivity index (χ1n) is 5.81. The highest BCUT2D eigenvalue weighted by Crippen LogP contribution is 2.24. The zero-order valence-corrected chi connectivity index (χ0v) is 12.2. The SMILES string of the molecule is Cc1ccc(OCc2c(F)ccc(Br)c2F)cc1C. The Morgan fingerprint density at radius 2 is 1.79 bits per heavy atom. The van der Waals surface area contributed by atoms with Gasteiger partial charge in [0.2, 0.25) is 0 Å². The molecule has 0 aromatic heterocycles. The molecule has 0 fully saturated rings. The Labute approximate surface area is 119 Å². The van der Waals surface area contributed by atoms with Crippen molar-refractivity contribution in [3.63, 3.8) is 0 Å². The van der Waals surface area contributed by atoms with Gasteiger partial charge in [0.15, 0.2) is 0 Å². The first-order chi connectivity index (χ1) is 8.99. The van der Waals surface area contributed by atoms with E-state index in [4.69, 9.17) is 4.74 Å². The molecule has 0 spiro atoms. The van der Waals surface area contributed by atoms with Gasteiger partial charge in [-0.15, -0.1) is 0 Å². The average molecular weight is 327 g/mol. The molecule has 0 heterocycles. The monoisotopic (exact) mass is 326 g/mol. The summed E-state index contributed by atoms with van der Waals surface area (Å²) in [4.78, 5) is 0. The van der Waals surface area contributed by atoms with Crippen LogP contribution in [-0.4, -0.2) is 0 Å². The molecule has 0 aliphatic rings. The largest absolute Gasteiger partial charge is 0.489 e. The fourth-order valence-corrected chi connectivity index (χ4v) is 2.03. The zero-order chi connectivity index (χ0) is 14.0. The number of halogens is 3. The maximum Gasteiger partial charge on any atom is 0.146 e. The van der Waals surface area contributed by atoms with Crippen LogP contribution in [0.25, 0.3) is 0 Å². The molecule has 0 bridgehead atoms. The molecule has 2 aromatic carbocycles. The van der Waals surface area contributed by atoms with Gasteiger partial charge in [-0.25, -0.2) is 8.78 Å². The van der Waals surface area contributed by atoms with E-state index in [0.29, 0.717) is 5.75 Å². The van der Waals surface area contributed by atoms with Crippen LogP contribution in [0.1, 0.15) is 16.7 Å². The maximum atomic E-state index is 13.7. The molecule has 0 aliphatic carbocycles. The van der Waals surface area contributed by atoms with Crippen molar-refractivity contribution in [3.05, 3.63) is 63.1 Å². The van der Waals surface area contributed by atoms with E-state index in [0.717, 1.165) is 11.1 Å². The molecular weight excluding hydrogens is 314 g/mol. The lowest BCUT2D eigenvalue weighted by Gasteiger charge is -2.10. The van der Waals surface area contributed by atoms with E-state index in [2.05, 4.69) is 15.9 Å². The molecule has 2 rings (SSSR count). The Balaban J connectivity index is 2.19. The number of hydrogen-bond donors (Lipinski definition) is 0. The quantitative estimate of drug-likeness (QED) is 0.727. The minimum Gasteiger partial charge on any atom is -0.489 e. The summed E-state index contributed by atoms with van der Waals surface area (Å²) in [6.07, 6.45) is 0. The molecular formula is C15H13BrF2O. The fourth-order valence-electron chi connectivity index (χ4n) is 1.66. The standard InChI is InChI=1S/C15H13BrF2O/c1-9-3-4-11(7-10(9)2)19-8-12-14(17)6-5-13(16)15(12)18/h3-7H,8H2,1-2H3. The van der Waals surface area contributed by atoms with Crippen LogP contribution in [-0.2, 0) is 6.61 Å². The highest BCUT2D eigenvalue weighted by molar-refractivity contribution is 9.10. The van der Waals surface area contributed by atoms with Gasteiger partial charge in [-0.1, -0.05) is 6.07 Å². The second kappa shape index (κ2) is 5.70. The smallest absolute Gasteiger partial charge is 0.146 e. The molecule has 100 valence electrons. The van der Waals surface area contributed by atoms with Crippen molar-refractivity contribution < 1.29 is 13.5 Å². The number of benzene rings is 2. The zero-order valence-electron chi connectivity index (χ0n) is 10.6. The Morgan fingerprint density at radius 3 is 2.47 bits per heavy atom. The van der Waals surface area contributed by atoms with Crippen molar-refractivity contribution in [1.29, 1.82) is 0 Å². The van der Waals surface area contributed by atoms with E-state index < -0.39 is 11.6 Å². The third-order valence-corrected chi connectivity index (χ3v) is 3.61. The topological polar surface area (TPSA) is 9.23 Å². The first kappa shape index (κ1) is 14.0. The summed E-state index contributed by atoms with van der Waals surface area (Å²) in [6.45, 7) is 3.81. The lowest BCUT2D eigenvalue weighted by molar-refractivity contribution is 0.292.